The Labute approximate surface area is 135 Å². The number of nitrogens with one attached hydrogen (secondary N) is 2. The Bertz CT molecular complexity index is 821. The summed E-state index contributed by atoms with van der Waals surface area (Å²) in [5.41, 5.74) is 2.36. The van der Waals surface area contributed by atoms with Gasteiger partial charge in [-0.05, 0) is 39.8 Å². The summed E-state index contributed by atoms with van der Waals surface area (Å²) in [7, 11) is -3.91. The fraction of sp³-hybridized carbons (Fsp3) is 0.312. The molecule has 7 heteroatoms. The number of benzene rings is 1. The molecule has 2 N–H and O–H groups in total. The molecular weight excluding hydrogens is 316 g/mol. The van der Waals surface area contributed by atoms with E-state index < -0.39 is 16.0 Å². The van der Waals surface area contributed by atoms with Gasteiger partial charge in [-0.3, -0.25) is 4.72 Å². The smallest absolute Gasteiger partial charge is 0.341 e. The van der Waals surface area contributed by atoms with Crippen molar-refractivity contribution in [1.29, 1.82) is 0 Å². The molecule has 0 saturated carbocycles. The van der Waals surface area contributed by atoms with Crippen LogP contribution in [0.2, 0.25) is 0 Å². The van der Waals surface area contributed by atoms with Gasteiger partial charge in [-0.1, -0.05) is 17.7 Å². The highest BCUT2D eigenvalue weighted by Gasteiger charge is 2.29. The Kier molecular flexibility index (Phi) is 4.79. The lowest BCUT2D eigenvalue weighted by molar-refractivity contribution is 0.0521. The first-order valence-electron chi connectivity index (χ1n) is 7.22. The fourth-order valence-corrected chi connectivity index (χ4v) is 3.88. The predicted octanol–water partition coefficient (Wildman–Crippen LogP) is 2.92. The summed E-state index contributed by atoms with van der Waals surface area (Å²) in [6.45, 7) is 7.01. The van der Waals surface area contributed by atoms with Gasteiger partial charge in [0.1, 0.15) is 10.5 Å². The summed E-state index contributed by atoms with van der Waals surface area (Å²) < 4.78 is 32.9. The van der Waals surface area contributed by atoms with Crippen LogP contribution in [0, 0.1) is 20.8 Å². The van der Waals surface area contributed by atoms with Crippen molar-refractivity contribution >= 4 is 21.7 Å². The van der Waals surface area contributed by atoms with Crippen molar-refractivity contribution in [2.24, 2.45) is 0 Å². The minimum atomic E-state index is -3.91. The number of H-pyrrole nitrogens is 1. The lowest BCUT2D eigenvalue weighted by Gasteiger charge is -2.10. The van der Waals surface area contributed by atoms with Crippen LogP contribution in [0.3, 0.4) is 0 Å². The lowest BCUT2D eigenvalue weighted by atomic mass is 10.2. The largest absolute Gasteiger partial charge is 0.462 e. The normalized spacial score (nSPS) is 11.3. The second kappa shape index (κ2) is 6.45. The Balaban J connectivity index is 2.47. The molecule has 0 spiro atoms. The third kappa shape index (κ3) is 3.56. The average molecular weight is 336 g/mol. The first-order valence-corrected chi connectivity index (χ1v) is 8.70. The molecule has 0 aliphatic carbocycles. The number of anilines is 1. The van der Waals surface area contributed by atoms with E-state index in [1.54, 1.807) is 45.0 Å². The standard InChI is InChI=1S/C16H20N2O4S/c1-5-22-16(19)14-11(3)17-12(4)15(14)23(20,21)18-13-8-6-10(2)7-9-13/h6-9,17-18H,5H2,1-4H3. The van der Waals surface area contributed by atoms with E-state index in [9.17, 15) is 13.2 Å². The SMILES string of the molecule is CCOC(=O)c1c(C)[nH]c(C)c1S(=O)(=O)Nc1ccc(C)cc1. The topological polar surface area (TPSA) is 88.3 Å². The van der Waals surface area contributed by atoms with Crippen LogP contribution in [0.4, 0.5) is 5.69 Å². The van der Waals surface area contributed by atoms with Crippen LogP contribution < -0.4 is 4.72 Å². The van der Waals surface area contributed by atoms with Gasteiger partial charge in [-0.2, -0.15) is 0 Å². The van der Waals surface area contributed by atoms with Crippen molar-refractivity contribution in [3.63, 3.8) is 0 Å². The third-order valence-electron chi connectivity index (χ3n) is 3.37. The molecule has 0 aliphatic rings. The zero-order valence-corrected chi connectivity index (χ0v) is 14.4. The Hall–Kier alpha value is -2.28. The van der Waals surface area contributed by atoms with Crippen LogP contribution in [-0.4, -0.2) is 26.0 Å². The van der Waals surface area contributed by atoms with Gasteiger partial charge >= 0.3 is 5.97 Å². The van der Waals surface area contributed by atoms with Crippen molar-refractivity contribution in [3.8, 4) is 0 Å². The highest BCUT2D eigenvalue weighted by molar-refractivity contribution is 7.92. The number of ether oxygens (including phenoxy) is 1. The van der Waals surface area contributed by atoms with E-state index in [0.717, 1.165) is 5.56 Å². The van der Waals surface area contributed by atoms with Crippen molar-refractivity contribution in [2.75, 3.05) is 11.3 Å². The zero-order chi connectivity index (χ0) is 17.2. The van der Waals surface area contributed by atoms with E-state index >= 15 is 0 Å². The van der Waals surface area contributed by atoms with Gasteiger partial charge in [-0.15, -0.1) is 0 Å². The molecule has 0 fully saturated rings. The van der Waals surface area contributed by atoms with E-state index in [1.807, 2.05) is 6.92 Å². The summed E-state index contributed by atoms with van der Waals surface area (Å²) >= 11 is 0. The number of esters is 1. The zero-order valence-electron chi connectivity index (χ0n) is 13.6. The first kappa shape index (κ1) is 17.1. The lowest BCUT2D eigenvalue weighted by Crippen LogP contribution is -2.18. The van der Waals surface area contributed by atoms with Crippen LogP contribution in [0.1, 0.15) is 34.2 Å². The molecule has 1 aromatic carbocycles. The molecule has 2 aromatic rings. The molecule has 2 rings (SSSR count). The number of aromatic amines is 1. The molecule has 6 nitrogen and oxygen atoms in total. The third-order valence-corrected chi connectivity index (χ3v) is 4.92. The molecule has 124 valence electrons. The van der Waals surface area contributed by atoms with Crippen molar-refractivity contribution < 1.29 is 17.9 Å². The minimum absolute atomic E-state index is 0.0453. The quantitative estimate of drug-likeness (QED) is 0.822. The first-order chi connectivity index (χ1) is 10.8. The number of rotatable bonds is 5. The number of sulfonamides is 1. The molecule has 23 heavy (non-hydrogen) atoms. The van der Waals surface area contributed by atoms with Gasteiger partial charge < -0.3 is 9.72 Å². The predicted molar refractivity (Wildman–Crippen MR) is 88.2 cm³/mol. The number of carbonyl (C=O) groups is 1. The highest BCUT2D eigenvalue weighted by atomic mass is 32.2. The van der Waals surface area contributed by atoms with Crippen molar-refractivity contribution in [3.05, 3.63) is 46.8 Å². The maximum Gasteiger partial charge on any atom is 0.341 e. The van der Waals surface area contributed by atoms with E-state index in [4.69, 9.17) is 4.74 Å². The van der Waals surface area contributed by atoms with Gasteiger partial charge in [0.25, 0.3) is 10.0 Å². The summed E-state index contributed by atoms with van der Waals surface area (Å²) in [5.74, 6) is -0.654. The molecule has 1 heterocycles. The number of aromatic nitrogens is 1. The van der Waals surface area contributed by atoms with Crippen molar-refractivity contribution in [2.45, 2.75) is 32.6 Å². The number of hydrogen-bond acceptors (Lipinski definition) is 4. The molecule has 0 aliphatic heterocycles. The van der Waals surface area contributed by atoms with Gasteiger partial charge in [0.05, 0.1) is 6.61 Å². The molecule has 0 radical (unpaired) electrons. The van der Waals surface area contributed by atoms with Crippen LogP contribution in [0.15, 0.2) is 29.2 Å². The van der Waals surface area contributed by atoms with Gasteiger partial charge in [0.2, 0.25) is 0 Å². The van der Waals surface area contributed by atoms with Crippen LogP contribution >= 0.6 is 0 Å². The summed E-state index contributed by atoms with van der Waals surface area (Å²) in [4.78, 5) is 14.9. The van der Waals surface area contributed by atoms with Crippen LogP contribution in [0.25, 0.3) is 0 Å². The molecule has 1 aromatic heterocycles. The van der Waals surface area contributed by atoms with E-state index in [-0.39, 0.29) is 17.1 Å². The van der Waals surface area contributed by atoms with E-state index in [1.165, 1.54) is 0 Å². The van der Waals surface area contributed by atoms with Gasteiger partial charge in [-0.25, -0.2) is 13.2 Å². The van der Waals surface area contributed by atoms with Crippen LogP contribution in [-0.2, 0) is 14.8 Å². The molecule has 0 amide bonds. The summed E-state index contributed by atoms with van der Waals surface area (Å²) in [6.07, 6.45) is 0. The monoisotopic (exact) mass is 336 g/mol. The van der Waals surface area contributed by atoms with E-state index in [2.05, 4.69) is 9.71 Å². The van der Waals surface area contributed by atoms with Crippen molar-refractivity contribution in [1.82, 2.24) is 4.98 Å². The molecule has 0 bridgehead atoms. The van der Waals surface area contributed by atoms with E-state index in [0.29, 0.717) is 17.1 Å². The second-order valence-electron chi connectivity index (χ2n) is 5.27. The summed E-state index contributed by atoms with van der Waals surface area (Å²) in [5, 5.41) is 0. The fourth-order valence-electron chi connectivity index (χ4n) is 2.37. The minimum Gasteiger partial charge on any atom is -0.462 e. The average Bonchev–Trinajstić information content (AvgIpc) is 2.77. The molecule has 0 atom stereocenters. The number of aryl methyl sites for hydroxylation is 3. The highest BCUT2D eigenvalue weighted by Crippen LogP contribution is 2.26. The molecule has 0 saturated heterocycles. The second-order valence-corrected chi connectivity index (χ2v) is 6.89. The molecule has 0 unspecified atom stereocenters. The number of carbonyl (C=O) groups excluding carboxylic acids is 1. The maximum absolute atomic E-state index is 12.7. The Morgan fingerprint density at radius 2 is 1.74 bits per heavy atom. The Morgan fingerprint density at radius 3 is 2.30 bits per heavy atom. The molecular formula is C16H20N2O4S. The Morgan fingerprint density at radius 1 is 1.13 bits per heavy atom. The van der Waals surface area contributed by atoms with Gasteiger partial charge in [0, 0.05) is 17.1 Å². The summed E-state index contributed by atoms with van der Waals surface area (Å²) in [6, 6.07) is 6.95. The number of hydrogen-bond donors (Lipinski definition) is 2. The van der Waals surface area contributed by atoms with Crippen LogP contribution in [0.5, 0.6) is 0 Å². The van der Waals surface area contributed by atoms with Gasteiger partial charge in [0.15, 0.2) is 0 Å². The maximum atomic E-state index is 12.7.